The summed E-state index contributed by atoms with van der Waals surface area (Å²) in [6.07, 6.45) is 0.420. The molecule has 0 fully saturated rings. The number of hydrogen-bond acceptors (Lipinski definition) is 5. The second-order valence-electron chi connectivity index (χ2n) is 5.34. The molecule has 0 unspecified atom stereocenters. The number of amides is 2. The Hall–Kier alpha value is -2.54. The van der Waals surface area contributed by atoms with Gasteiger partial charge in [0, 0.05) is 23.2 Å². The summed E-state index contributed by atoms with van der Waals surface area (Å²) in [6.45, 7) is 4.61. The van der Waals surface area contributed by atoms with Gasteiger partial charge in [-0.05, 0) is 30.7 Å². The lowest BCUT2D eigenvalue weighted by Gasteiger charge is -2.16. The van der Waals surface area contributed by atoms with Crippen LogP contribution in [0, 0.1) is 6.92 Å². The summed E-state index contributed by atoms with van der Waals surface area (Å²) in [7, 11) is 0. The third kappa shape index (κ3) is 3.35. The van der Waals surface area contributed by atoms with Crippen LogP contribution < -0.4 is 20.1 Å². The van der Waals surface area contributed by atoms with Crippen LogP contribution in [0.5, 0.6) is 11.5 Å². The SMILES string of the molecule is CCC(=O)Nc1ccc(NC(=O)c2scc3c2OCCO3)c(C)c1. The average Bonchev–Trinajstić information content (AvgIpc) is 3.01. The van der Waals surface area contributed by atoms with Crippen molar-refractivity contribution in [2.45, 2.75) is 20.3 Å². The summed E-state index contributed by atoms with van der Waals surface area (Å²) < 4.78 is 11.0. The molecule has 7 heteroatoms. The predicted octanol–water partition coefficient (Wildman–Crippen LogP) is 3.43. The van der Waals surface area contributed by atoms with E-state index in [9.17, 15) is 9.59 Å². The van der Waals surface area contributed by atoms with Crippen molar-refractivity contribution in [3.05, 3.63) is 34.0 Å². The molecule has 2 aromatic rings. The Morgan fingerprint density at radius 2 is 2.00 bits per heavy atom. The highest BCUT2D eigenvalue weighted by Gasteiger charge is 2.23. The van der Waals surface area contributed by atoms with Crippen LogP contribution in [0.3, 0.4) is 0 Å². The van der Waals surface area contributed by atoms with Crippen molar-refractivity contribution in [2.75, 3.05) is 23.8 Å². The van der Waals surface area contributed by atoms with Crippen LogP contribution in [0.1, 0.15) is 28.6 Å². The molecule has 0 saturated heterocycles. The van der Waals surface area contributed by atoms with Gasteiger partial charge in [0.2, 0.25) is 5.91 Å². The third-order valence-corrected chi connectivity index (χ3v) is 4.53. The lowest BCUT2D eigenvalue weighted by atomic mass is 10.1. The second-order valence-corrected chi connectivity index (χ2v) is 6.22. The summed E-state index contributed by atoms with van der Waals surface area (Å²) in [5.41, 5.74) is 2.26. The number of rotatable bonds is 4. The van der Waals surface area contributed by atoms with Gasteiger partial charge in [-0.15, -0.1) is 11.3 Å². The largest absolute Gasteiger partial charge is 0.485 e. The molecule has 6 nitrogen and oxygen atoms in total. The number of hydrogen-bond donors (Lipinski definition) is 2. The molecule has 0 radical (unpaired) electrons. The van der Waals surface area contributed by atoms with Gasteiger partial charge in [0.15, 0.2) is 11.5 Å². The Morgan fingerprint density at radius 3 is 2.75 bits per heavy atom. The third-order valence-electron chi connectivity index (χ3n) is 3.59. The minimum absolute atomic E-state index is 0.0476. The van der Waals surface area contributed by atoms with E-state index in [0.717, 1.165) is 5.56 Å². The van der Waals surface area contributed by atoms with Crippen molar-refractivity contribution in [1.29, 1.82) is 0 Å². The van der Waals surface area contributed by atoms with E-state index in [1.54, 1.807) is 24.4 Å². The number of fused-ring (bicyclic) bond motifs is 1. The summed E-state index contributed by atoms with van der Waals surface area (Å²) in [5, 5.41) is 7.45. The number of ether oxygens (including phenoxy) is 2. The molecule has 0 saturated carbocycles. The normalized spacial score (nSPS) is 12.6. The van der Waals surface area contributed by atoms with Crippen molar-refractivity contribution in [3.63, 3.8) is 0 Å². The van der Waals surface area contributed by atoms with Crippen LogP contribution in [0.4, 0.5) is 11.4 Å². The van der Waals surface area contributed by atoms with E-state index in [-0.39, 0.29) is 11.8 Å². The van der Waals surface area contributed by atoms with Crippen LogP contribution in [-0.4, -0.2) is 25.0 Å². The zero-order chi connectivity index (χ0) is 17.1. The highest BCUT2D eigenvalue weighted by atomic mass is 32.1. The molecule has 2 heterocycles. The van der Waals surface area contributed by atoms with E-state index < -0.39 is 0 Å². The lowest BCUT2D eigenvalue weighted by molar-refractivity contribution is -0.115. The first-order chi connectivity index (χ1) is 11.6. The van der Waals surface area contributed by atoms with Gasteiger partial charge in [-0.2, -0.15) is 0 Å². The van der Waals surface area contributed by atoms with Crippen molar-refractivity contribution in [1.82, 2.24) is 0 Å². The number of thiophene rings is 1. The van der Waals surface area contributed by atoms with Crippen molar-refractivity contribution >= 4 is 34.5 Å². The molecule has 126 valence electrons. The molecule has 2 amide bonds. The molecule has 0 bridgehead atoms. The standard InChI is InChI=1S/C17H18N2O4S/c1-3-14(20)18-11-4-5-12(10(2)8-11)19-17(21)16-15-13(9-24-16)22-6-7-23-15/h4-5,8-9H,3,6-7H2,1-2H3,(H,18,20)(H,19,21). The van der Waals surface area contributed by atoms with Crippen molar-refractivity contribution in [3.8, 4) is 11.5 Å². The summed E-state index contributed by atoms with van der Waals surface area (Å²) in [4.78, 5) is 24.4. The van der Waals surface area contributed by atoms with Gasteiger partial charge in [0.05, 0.1) is 0 Å². The van der Waals surface area contributed by atoms with E-state index in [0.29, 0.717) is 47.4 Å². The maximum atomic E-state index is 12.5. The van der Waals surface area contributed by atoms with Crippen LogP contribution in [0.2, 0.25) is 0 Å². The Bertz CT molecular complexity index is 785. The fourth-order valence-corrected chi connectivity index (χ4v) is 3.15. The molecular formula is C17H18N2O4S. The van der Waals surface area contributed by atoms with E-state index in [4.69, 9.17) is 9.47 Å². The second kappa shape index (κ2) is 6.92. The van der Waals surface area contributed by atoms with Crippen LogP contribution >= 0.6 is 11.3 Å². The van der Waals surface area contributed by atoms with Crippen LogP contribution in [0.15, 0.2) is 23.6 Å². The maximum Gasteiger partial charge on any atom is 0.269 e. The smallest absolute Gasteiger partial charge is 0.269 e. The predicted molar refractivity (Wildman–Crippen MR) is 93.4 cm³/mol. The molecule has 3 rings (SSSR count). The number of carbonyl (C=O) groups is 2. The maximum absolute atomic E-state index is 12.5. The molecule has 0 atom stereocenters. The fraction of sp³-hybridized carbons (Fsp3) is 0.294. The first-order valence-corrected chi connectivity index (χ1v) is 8.55. The van der Waals surface area contributed by atoms with Gasteiger partial charge in [-0.3, -0.25) is 9.59 Å². The Morgan fingerprint density at radius 1 is 1.21 bits per heavy atom. The molecule has 1 aliphatic heterocycles. The molecule has 1 aromatic heterocycles. The van der Waals surface area contributed by atoms with Crippen LogP contribution in [0.25, 0.3) is 0 Å². The zero-order valence-electron chi connectivity index (χ0n) is 13.5. The zero-order valence-corrected chi connectivity index (χ0v) is 14.3. The highest BCUT2D eigenvalue weighted by molar-refractivity contribution is 7.13. The molecule has 2 N–H and O–H groups in total. The Balaban J connectivity index is 1.75. The molecule has 24 heavy (non-hydrogen) atoms. The summed E-state index contributed by atoms with van der Waals surface area (Å²) in [6, 6.07) is 5.36. The lowest BCUT2D eigenvalue weighted by Crippen LogP contribution is -2.18. The van der Waals surface area contributed by atoms with Gasteiger partial charge < -0.3 is 20.1 Å². The first kappa shape index (κ1) is 16.3. The van der Waals surface area contributed by atoms with Gasteiger partial charge >= 0.3 is 0 Å². The van der Waals surface area contributed by atoms with E-state index in [1.807, 2.05) is 13.0 Å². The minimum atomic E-state index is -0.236. The van der Waals surface area contributed by atoms with Gasteiger partial charge in [-0.25, -0.2) is 0 Å². The number of aryl methyl sites for hydroxylation is 1. The minimum Gasteiger partial charge on any atom is -0.485 e. The molecular weight excluding hydrogens is 328 g/mol. The average molecular weight is 346 g/mol. The van der Waals surface area contributed by atoms with E-state index in [1.165, 1.54) is 11.3 Å². The topological polar surface area (TPSA) is 76.7 Å². The Kier molecular flexibility index (Phi) is 4.71. The summed E-state index contributed by atoms with van der Waals surface area (Å²) >= 11 is 1.29. The monoisotopic (exact) mass is 346 g/mol. The summed E-state index contributed by atoms with van der Waals surface area (Å²) in [5.74, 6) is 0.840. The van der Waals surface area contributed by atoms with Crippen molar-refractivity contribution < 1.29 is 19.1 Å². The van der Waals surface area contributed by atoms with E-state index in [2.05, 4.69) is 10.6 Å². The number of carbonyl (C=O) groups excluding carboxylic acids is 2. The number of nitrogens with one attached hydrogen (secondary N) is 2. The number of benzene rings is 1. The van der Waals surface area contributed by atoms with Gasteiger partial charge in [0.1, 0.15) is 18.1 Å². The fourth-order valence-electron chi connectivity index (χ4n) is 2.33. The molecule has 0 spiro atoms. The molecule has 0 aliphatic carbocycles. The van der Waals surface area contributed by atoms with Gasteiger partial charge in [0.25, 0.3) is 5.91 Å². The quantitative estimate of drug-likeness (QED) is 0.889. The Labute approximate surface area is 143 Å². The highest BCUT2D eigenvalue weighted by Crippen LogP contribution is 2.39. The number of anilines is 2. The van der Waals surface area contributed by atoms with Crippen LogP contribution in [-0.2, 0) is 4.79 Å². The van der Waals surface area contributed by atoms with E-state index >= 15 is 0 Å². The molecule has 1 aromatic carbocycles. The van der Waals surface area contributed by atoms with Gasteiger partial charge in [-0.1, -0.05) is 6.92 Å². The molecule has 1 aliphatic rings. The van der Waals surface area contributed by atoms with Crippen molar-refractivity contribution in [2.24, 2.45) is 0 Å². The first-order valence-electron chi connectivity index (χ1n) is 7.67.